The topological polar surface area (TPSA) is 78.0 Å². The van der Waals surface area contributed by atoms with E-state index in [2.05, 4.69) is 4.90 Å². The predicted molar refractivity (Wildman–Crippen MR) is 103 cm³/mol. The van der Waals surface area contributed by atoms with Crippen LogP contribution < -0.4 is 4.90 Å². The first-order valence-electron chi connectivity index (χ1n) is 9.24. The van der Waals surface area contributed by atoms with Crippen LogP contribution >= 0.6 is 0 Å². The molecule has 1 saturated heterocycles. The molecule has 0 atom stereocenters. The molecule has 0 radical (unpaired) electrons. The standard InChI is InChI=1S/C19H27N3O4S/c1-19(2)13-17(23)22(15-7-4-5-8-16(15)27(19,25)26)14-18(24)21-10-6-9-20(3)11-12-21/h4-5,7-8H,6,9-14H2,1-3H3. The summed E-state index contributed by atoms with van der Waals surface area (Å²) in [5.41, 5.74) is 0.299. The van der Waals surface area contributed by atoms with Crippen LogP contribution in [-0.4, -0.2) is 74.6 Å². The summed E-state index contributed by atoms with van der Waals surface area (Å²) in [6, 6.07) is 6.46. The van der Waals surface area contributed by atoms with Crippen molar-refractivity contribution in [3.63, 3.8) is 0 Å². The Kier molecular flexibility index (Phi) is 5.31. The van der Waals surface area contributed by atoms with E-state index < -0.39 is 14.6 Å². The summed E-state index contributed by atoms with van der Waals surface area (Å²) in [5, 5.41) is 0. The maximum absolute atomic E-state index is 13.0. The third-order valence-corrected chi connectivity index (χ3v) is 7.94. The Morgan fingerprint density at radius 2 is 1.81 bits per heavy atom. The first kappa shape index (κ1) is 19.8. The summed E-state index contributed by atoms with van der Waals surface area (Å²) in [7, 11) is -1.67. The highest BCUT2D eigenvalue weighted by Gasteiger charge is 2.44. The van der Waals surface area contributed by atoms with Crippen molar-refractivity contribution in [3.05, 3.63) is 24.3 Å². The molecule has 8 heteroatoms. The van der Waals surface area contributed by atoms with Crippen LogP contribution in [0.5, 0.6) is 0 Å². The van der Waals surface area contributed by atoms with Gasteiger partial charge in [0, 0.05) is 26.1 Å². The fourth-order valence-electron chi connectivity index (χ4n) is 3.60. The largest absolute Gasteiger partial charge is 0.340 e. The van der Waals surface area contributed by atoms with Gasteiger partial charge >= 0.3 is 0 Å². The molecule has 0 saturated carbocycles. The lowest BCUT2D eigenvalue weighted by atomic mass is 10.1. The smallest absolute Gasteiger partial charge is 0.242 e. The highest BCUT2D eigenvalue weighted by atomic mass is 32.2. The molecule has 3 rings (SSSR count). The second kappa shape index (κ2) is 7.24. The number of hydrogen-bond acceptors (Lipinski definition) is 5. The lowest BCUT2D eigenvalue weighted by Crippen LogP contribution is -2.45. The number of sulfone groups is 1. The van der Waals surface area contributed by atoms with E-state index >= 15 is 0 Å². The van der Waals surface area contributed by atoms with Crippen molar-refractivity contribution in [2.45, 2.75) is 36.3 Å². The van der Waals surface area contributed by atoms with Crippen molar-refractivity contribution in [2.24, 2.45) is 0 Å². The maximum atomic E-state index is 13.0. The van der Waals surface area contributed by atoms with Crippen LogP contribution in [0, 0.1) is 0 Å². The van der Waals surface area contributed by atoms with Crippen LogP contribution in [0.15, 0.2) is 29.2 Å². The molecule has 2 amide bonds. The number of benzene rings is 1. The van der Waals surface area contributed by atoms with E-state index in [-0.39, 0.29) is 29.7 Å². The van der Waals surface area contributed by atoms with Gasteiger partial charge in [-0.1, -0.05) is 12.1 Å². The molecule has 2 heterocycles. The van der Waals surface area contributed by atoms with Crippen LogP contribution in [0.4, 0.5) is 5.69 Å². The Bertz CT molecular complexity index is 850. The number of anilines is 1. The minimum atomic E-state index is -3.69. The van der Waals surface area contributed by atoms with Crippen molar-refractivity contribution in [2.75, 3.05) is 44.7 Å². The van der Waals surface area contributed by atoms with Crippen molar-refractivity contribution >= 4 is 27.3 Å². The van der Waals surface area contributed by atoms with Crippen molar-refractivity contribution in [1.29, 1.82) is 0 Å². The molecule has 148 valence electrons. The number of rotatable bonds is 2. The summed E-state index contributed by atoms with van der Waals surface area (Å²) in [6.45, 7) is 5.98. The molecule has 7 nitrogen and oxygen atoms in total. The molecule has 1 fully saturated rings. The fraction of sp³-hybridized carbons (Fsp3) is 0.579. The zero-order valence-corrected chi connectivity index (χ0v) is 17.0. The molecule has 1 aromatic rings. The summed E-state index contributed by atoms with van der Waals surface area (Å²) in [4.78, 5) is 31.2. The molecule has 0 aliphatic carbocycles. The summed E-state index contributed by atoms with van der Waals surface area (Å²) in [5.74, 6) is -0.487. The van der Waals surface area contributed by atoms with E-state index in [4.69, 9.17) is 0 Å². The number of amides is 2. The van der Waals surface area contributed by atoms with Gasteiger partial charge in [-0.05, 0) is 46.0 Å². The Balaban J connectivity index is 1.93. The Hall–Kier alpha value is -1.93. The third-order valence-electron chi connectivity index (χ3n) is 5.42. The van der Waals surface area contributed by atoms with Gasteiger partial charge in [-0.3, -0.25) is 9.59 Å². The minimum Gasteiger partial charge on any atom is -0.340 e. The zero-order valence-electron chi connectivity index (χ0n) is 16.1. The lowest BCUT2D eigenvalue weighted by molar-refractivity contribution is -0.131. The number of nitrogens with zero attached hydrogens (tertiary/aromatic N) is 3. The molecule has 0 bridgehead atoms. The van der Waals surface area contributed by atoms with Crippen LogP contribution in [0.1, 0.15) is 26.7 Å². The number of carbonyl (C=O) groups is 2. The monoisotopic (exact) mass is 393 g/mol. The molecule has 0 aromatic heterocycles. The fourth-order valence-corrected chi connectivity index (χ4v) is 5.22. The second-order valence-corrected chi connectivity index (χ2v) is 10.5. The first-order chi connectivity index (χ1) is 12.6. The molecule has 2 aliphatic rings. The summed E-state index contributed by atoms with van der Waals surface area (Å²) < 4.78 is 24.8. The molecular weight excluding hydrogens is 366 g/mol. The quantitative estimate of drug-likeness (QED) is 0.753. The van der Waals surface area contributed by atoms with E-state index in [1.165, 1.54) is 11.0 Å². The number of hydrogen-bond donors (Lipinski definition) is 0. The van der Waals surface area contributed by atoms with Gasteiger partial charge in [-0.25, -0.2) is 8.42 Å². The molecular formula is C19H27N3O4S. The first-order valence-corrected chi connectivity index (χ1v) is 10.7. The van der Waals surface area contributed by atoms with Gasteiger partial charge in [0.25, 0.3) is 0 Å². The van der Waals surface area contributed by atoms with Gasteiger partial charge in [-0.2, -0.15) is 0 Å². The average Bonchev–Trinajstić information content (AvgIpc) is 2.85. The average molecular weight is 394 g/mol. The summed E-state index contributed by atoms with van der Waals surface area (Å²) in [6.07, 6.45) is 0.730. The third kappa shape index (κ3) is 3.73. The normalized spacial score (nSPS) is 22.7. The van der Waals surface area contributed by atoms with Crippen LogP contribution in [0.25, 0.3) is 0 Å². The van der Waals surface area contributed by atoms with Gasteiger partial charge in [0.15, 0.2) is 9.84 Å². The van der Waals surface area contributed by atoms with Gasteiger partial charge < -0.3 is 14.7 Å². The molecule has 0 spiro atoms. The van der Waals surface area contributed by atoms with Crippen molar-refractivity contribution in [1.82, 2.24) is 9.80 Å². The van der Waals surface area contributed by atoms with Gasteiger partial charge in [0.05, 0.1) is 15.3 Å². The minimum absolute atomic E-state index is 0.115. The molecule has 1 aromatic carbocycles. The lowest BCUT2D eigenvalue weighted by Gasteiger charge is -2.27. The Morgan fingerprint density at radius 1 is 1.11 bits per heavy atom. The Morgan fingerprint density at radius 3 is 2.56 bits per heavy atom. The summed E-state index contributed by atoms with van der Waals surface area (Å²) >= 11 is 0. The van der Waals surface area contributed by atoms with E-state index in [1.807, 2.05) is 7.05 Å². The van der Waals surface area contributed by atoms with Crippen LogP contribution in [0.2, 0.25) is 0 Å². The van der Waals surface area contributed by atoms with E-state index in [9.17, 15) is 18.0 Å². The number of likely N-dealkylation sites (N-methyl/N-ethyl adjacent to an activating group) is 1. The number of carbonyl (C=O) groups excluding carboxylic acids is 2. The van der Waals surface area contributed by atoms with E-state index in [1.54, 1.807) is 36.9 Å². The van der Waals surface area contributed by atoms with Gasteiger partial charge in [-0.15, -0.1) is 0 Å². The van der Waals surface area contributed by atoms with Crippen molar-refractivity contribution in [3.8, 4) is 0 Å². The highest BCUT2D eigenvalue weighted by Crippen LogP contribution is 2.38. The zero-order chi connectivity index (χ0) is 19.8. The molecule has 0 N–H and O–H groups in total. The number of fused-ring (bicyclic) bond motifs is 1. The van der Waals surface area contributed by atoms with Crippen molar-refractivity contribution < 1.29 is 18.0 Å². The van der Waals surface area contributed by atoms with Gasteiger partial charge in [0.2, 0.25) is 11.8 Å². The van der Waals surface area contributed by atoms with Crippen LogP contribution in [0.3, 0.4) is 0 Å². The number of para-hydroxylation sites is 1. The highest BCUT2D eigenvalue weighted by molar-refractivity contribution is 7.93. The van der Waals surface area contributed by atoms with E-state index in [0.717, 1.165) is 19.5 Å². The van der Waals surface area contributed by atoms with E-state index in [0.29, 0.717) is 18.8 Å². The Labute approximate surface area is 160 Å². The predicted octanol–water partition coefficient (Wildman–Crippen LogP) is 1.14. The SMILES string of the molecule is CN1CCCN(C(=O)CN2C(=O)CC(C)(C)S(=O)(=O)c3ccccc32)CC1. The molecule has 2 aliphatic heterocycles. The second-order valence-electron chi connectivity index (χ2n) is 7.93. The van der Waals surface area contributed by atoms with Crippen LogP contribution in [-0.2, 0) is 19.4 Å². The molecule has 0 unspecified atom stereocenters. The maximum Gasteiger partial charge on any atom is 0.242 e. The molecule has 27 heavy (non-hydrogen) atoms. The van der Waals surface area contributed by atoms with Gasteiger partial charge in [0.1, 0.15) is 6.54 Å².